The lowest BCUT2D eigenvalue weighted by atomic mass is 10.1. The number of methoxy groups -OCH3 is 1. The normalized spacial score (nSPS) is 12.2. The predicted molar refractivity (Wildman–Crippen MR) is 81.2 cm³/mol. The molecule has 0 aliphatic rings. The van der Waals surface area contributed by atoms with Crippen LogP contribution in [0, 0.1) is 13.8 Å². The van der Waals surface area contributed by atoms with Gasteiger partial charge in [-0.3, -0.25) is 0 Å². The first kappa shape index (κ1) is 14.8. The molecule has 1 aromatic heterocycles. The highest BCUT2D eigenvalue weighted by Gasteiger charge is 2.15. The Bertz CT molecular complexity index is 594. The van der Waals surface area contributed by atoms with Crippen molar-refractivity contribution >= 4 is 11.8 Å². The Morgan fingerprint density at radius 2 is 1.85 bits per heavy atom. The van der Waals surface area contributed by atoms with Crippen LogP contribution in [-0.2, 0) is 0 Å². The van der Waals surface area contributed by atoms with E-state index in [1.54, 1.807) is 7.11 Å². The van der Waals surface area contributed by atoms with E-state index in [4.69, 9.17) is 10.5 Å². The van der Waals surface area contributed by atoms with Gasteiger partial charge < -0.3 is 10.5 Å². The summed E-state index contributed by atoms with van der Waals surface area (Å²) in [5.74, 6) is 0.800. The predicted octanol–water partition coefficient (Wildman–Crippen LogP) is 3.27. The zero-order valence-corrected chi connectivity index (χ0v) is 13.0. The average Bonchev–Trinajstić information content (AvgIpc) is 2.36. The van der Waals surface area contributed by atoms with E-state index in [1.165, 1.54) is 11.8 Å². The molecule has 0 aliphatic heterocycles. The molecule has 0 aliphatic carbocycles. The van der Waals surface area contributed by atoms with Crippen LogP contribution in [0.2, 0.25) is 0 Å². The van der Waals surface area contributed by atoms with Crippen molar-refractivity contribution in [1.82, 2.24) is 9.97 Å². The van der Waals surface area contributed by atoms with Crippen molar-refractivity contribution in [3.63, 3.8) is 0 Å². The van der Waals surface area contributed by atoms with Crippen LogP contribution in [0.15, 0.2) is 34.3 Å². The number of benzene rings is 1. The Morgan fingerprint density at radius 1 is 1.20 bits per heavy atom. The molecule has 0 bridgehead atoms. The van der Waals surface area contributed by atoms with Gasteiger partial charge >= 0.3 is 0 Å². The standard InChI is InChI=1S/C15H19N3OS/c1-9-8-10(2)18-15(17-9)20-13-7-5-6-12(19-4)14(13)11(3)16/h5-8,11H,16H2,1-4H3/t11-/m1/s1. The highest BCUT2D eigenvalue weighted by Crippen LogP contribution is 2.36. The van der Waals surface area contributed by atoms with E-state index in [1.807, 2.05) is 45.0 Å². The molecule has 2 rings (SSSR count). The summed E-state index contributed by atoms with van der Waals surface area (Å²) in [7, 11) is 1.66. The number of aryl methyl sites for hydroxylation is 2. The highest BCUT2D eigenvalue weighted by molar-refractivity contribution is 7.99. The highest BCUT2D eigenvalue weighted by atomic mass is 32.2. The number of nitrogens with zero attached hydrogens (tertiary/aromatic N) is 2. The first-order valence-corrected chi connectivity index (χ1v) is 7.25. The zero-order chi connectivity index (χ0) is 14.7. The minimum absolute atomic E-state index is 0.112. The zero-order valence-electron chi connectivity index (χ0n) is 12.2. The van der Waals surface area contributed by atoms with E-state index < -0.39 is 0 Å². The van der Waals surface area contributed by atoms with Crippen molar-refractivity contribution < 1.29 is 4.74 Å². The van der Waals surface area contributed by atoms with Gasteiger partial charge in [-0.15, -0.1) is 0 Å². The lowest BCUT2D eigenvalue weighted by Gasteiger charge is -2.16. The second-order valence-corrected chi connectivity index (χ2v) is 5.71. The third-order valence-electron chi connectivity index (χ3n) is 2.86. The van der Waals surface area contributed by atoms with Gasteiger partial charge in [-0.2, -0.15) is 0 Å². The molecule has 0 amide bonds. The number of ether oxygens (including phenoxy) is 1. The summed E-state index contributed by atoms with van der Waals surface area (Å²) in [6.45, 7) is 5.89. The van der Waals surface area contributed by atoms with Crippen LogP contribution in [0.1, 0.15) is 29.9 Å². The molecule has 0 saturated heterocycles. The number of nitrogens with two attached hydrogens (primary N) is 1. The Balaban J connectivity index is 2.42. The first-order chi connectivity index (χ1) is 9.51. The van der Waals surface area contributed by atoms with Crippen molar-refractivity contribution in [2.75, 3.05) is 7.11 Å². The molecule has 1 aromatic carbocycles. The summed E-state index contributed by atoms with van der Waals surface area (Å²) in [5, 5.41) is 0.734. The Hall–Kier alpha value is -1.59. The number of hydrogen-bond acceptors (Lipinski definition) is 5. The van der Waals surface area contributed by atoms with E-state index in [0.717, 1.165) is 32.8 Å². The largest absolute Gasteiger partial charge is 0.496 e. The SMILES string of the molecule is COc1cccc(Sc2nc(C)cc(C)n2)c1[C@@H](C)N. The Kier molecular flexibility index (Phi) is 4.62. The van der Waals surface area contributed by atoms with Crippen molar-refractivity contribution in [2.45, 2.75) is 36.9 Å². The quantitative estimate of drug-likeness (QED) is 0.875. The van der Waals surface area contributed by atoms with Gasteiger partial charge in [0.25, 0.3) is 0 Å². The van der Waals surface area contributed by atoms with Crippen LogP contribution >= 0.6 is 11.8 Å². The molecule has 5 heteroatoms. The molecule has 20 heavy (non-hydrogen) atoms. The second kappa shape index (κ2) is 6.24. The summed E-state index contributed by atoms with van der Waals surface area (Å²) >= 11 is 1.52. The molecule has 0 fully saturated rings. The number of hydrogen-bond donors (Lipinski definition) is 1. The van der Waals surface area contributed by atoms with Gasteiger partial charge in [0.05, 0.1) is 7.11 Å². The van der Waals surface area contributed by atoms with Gasteiger partial charge in [-0.05, 0) is 50.7 Å². The van der Waals surface area contributed by atoms with Crippen LogP contribution in [0.25, 0.3) is 0 Å². The molecule has 0 spiro atoms. The fourth-order valence-electron chi connectivity index (χ4n) is 2.08. The van der Waals surface area contributed by atoms with Crippen molar-refractivity contribution in [1.29, 1.82) is 0 Å². The van der Waals surface area contributed by atoms with E-state index in [0.29, 0.717) is 0 Å². The molecule has 0 radical (unpaired) electrons. The lowest BCUT2D eigenvalue weighted by molar-refractivity contribution is 0.405. The van der Waals surface area contributed by atoms with Crippen molar-refractivity contribution in [2.24, 2.45) is 5.73 Å². The summed E-state index contributed by atoms with van der Waals surface area (Å²) in [4.78, 5) is 9.94. The van der Waals surface area contributed by atoms with Gasteiger partial charge in [-0.1, -0.05) is 6.07 Å². The summed E-state index contributed by atoms with van der Waals surface area (Å²) < 4.78 is 5.40. The second-order valence-electron chi connectivity index (χ2n) is 4.70. The Morgan fingerprint density at radius 3 is 2.40 bits per heavy atom. The fraction of sp³-hybridized carbons (Fsp3) is 0.333. The van der Waals surface area contributed by atoms with E-state index in [9.17, 15) is 0 Å². The third kappa shape index (κ3) is 3.29. The molecule has 106 valence electrons. The molecule has 4 nitrogen and oxygen atoms in total. The fourth-order valence-corrected chi connectivity index (χ4v) is 3.20. The summed E-state index contributed by atoms with van der Waals surface area (Å²) in [5.41, 5.74) is 8.99. The Labute approximate surface area is 123 Å². The van der Waals surface area contributed by atoms with Crippen LogP contribution < -0.4 is 10.5 Å². The summed E-state index contributed by atoms with van der Waals surface area (Å²) in [6, 6.07) is 7.75. The number of aromatic nitrogens is 2. The van der Waals surface area contributed by atoms with E-state index >= 15 is 0 Å². The van der Waals surface area contributed by atoms with Crippen molar-refractivity contribution in [3.8, 4) is 5.75 Å². The van der Waals surface area contributed by atoms with Gasteiger partial charge in [0.15, 0.2) is 5.16 Å². The van der Waals surface area contributed by atoms with Crippen LogP contribution in [0.4, 0.5) is 0 Å². The summed E-state index contributed by atoms with van der Waals surface area (Å²) in [6.07, 6.45) is 0. The van der Waals surface area contributed by atoms with Crippen molar-refractivity contribution in [3.05, 3.63) is 41.2 Å². The van der Waals surface area contributed by atoms with Gasteiger partial charge in [0, 0.05) is 27.9 Å². The van der Waals surface area contributed by atoms with E-state index in [-0.39, 0.29) is 6.04 Å². The maximum atomic E-state index is 6.07. The molecule has 2 aromatic rings. The minimum atomic E-state index is -0.112. The first-order valence-electron chi connectivity index (χ1n) is 6.44. The van der Waals surface area contributed by atoms with Crippen LogP contribution in [0.5, 0.6) is 5.75 Å². The van der Waals surface area contributed by atoms with Crippen LogP contribution in [-0.4, -0.2) is 17.1 Å². The smallest absolute Gasteiger partial charge is 0.192 e. The molecule has 1 heterocycles. The lowest BCUT2D eigenvalue weighted by Crippen LogP contribution is -2.08. The van der Waals surface area contributed by atoms with Gasteiger partial charge in [0.2, 0.25) is 0 Å². The maximum absolute atomic E-state index is 6.07. The molecular formula is C15H19N3OS. The molecule has 2 N–H and O–H groups in total. The third-order valence-corrected chi connectivity index (χ3v) is 3.81. The van der Waals surface area contributed by atoms with Gasteiger partial charge in [-0.25, -0.2) is 9.97 Å². The topological polar surface area (TPSA) is 61.0 Å². The van der Waals surface area contributed by atoms with Crippen LogP contribution in [0.3, 0.4) is 0 Å². The monoisotopic (exact) mass is 289 g/mol. The molecule has 1 atom stereocenters. The molecule has 0 saturated carbocycles. The molecular weight excluding hydrogens is 270 g/mol. The number of rotatable bonds is 4. The van der Waals surface area contributed by atoms with E-state index in [2.05, 4.69) is 9.97 Å². The van der Waals surface area contributed by atoms with Gasteiger partial charge in [0.1, 0.15) is 5.75 Å². The minimum Gasteiger partial charge on any atom is -0.496 e. The maximum Gasteiger partial charge on any atom is 0.192 e. The average molecular weight is 289 g/mol. The molecule has 0 unspecified atom stereocenters.